The molecule has 0 aromatic carbocycles. The number of hydrogen-bond acceptors (Lipinski definition) is 3. The largest absolute Gasteiger partial charge is 0.480 e. The molecule has 0 aliphatic heterocycles. The number of rotatable bonds is 3. The summed E-state index contributed by atoms with van der Waals surface area (Å²) in [4.78, 5) is 19.9. The first-order valence-corrected chi connectivity index (χ1v) is 5.44. The summed E-state index contributed by atoms with van der Waals surface area (Å²) in [5.41, 5.74) is 9.57. The maximum absolute atomic E-state index is 9.99. The van der Waals surface area contributed by atoms with Crippen LogP contribution in [0.4, 0.5) is 0 Å². The normalized spacial score (nSPS) is 27.1. The summed E-state index contributed by atoms with van der Waals surface area (Å²) < 4.78 is 0. The molecule has 2 bridgehead atoms. The number of allylic oxidation sites excluding steroid dienone is 2. The van der Waals surface area contributed by atoms with E-state index in [9.17, 15) is 9.59 Å². The molecule has 2 aliphatic rings. The molecule has 5 heteroatoms. The highest BCUT2D eigenvalue weighted by Gasteiger charge is 2.25. The standard InChI is InChI=1S/C7H10.C4H8N2O3/c1-2-7-4-3-6(1)5-7;5-2(4(8)9)1-3(6)7/h1-2,6-7H,3-5H2;2H,1,5H2,(H2,6,7)(H,8,9). The molecular formula is C11H18N2O3. The van der Waals surface area contributed by atoms with Gasteiger partial charge in [0.05, 0.1) is 6.42 Å². The van der Waals surface area contributed by atoms with Crippen LogP contribution in [0.15, 0.2) is 12.2 Å². The number of nitrogens with two attached hydrogens (primary N) is 2. The van der Waals surface area contributed by atoms with Crippen molar-refractivity contribution in [3.8, 4) is 0 Å². The first-order valence-electron chi connectivity index (χ1n) is 5.44. The number of fused-ring (bicyclic) bond motifs is 2. The molecule has 2 aliphatic carbocycles. The van der Waals surface area contributed by atoms with E-state index < -0.39 is 17.9 Å². The lowest BCUT2D eigenvalue weighted by Gasteiger charge is -1.99. The zero-order valence-electron chi connectivity index (χ0n) is 9.13. The fourth-order valence-corrected chi connectivity index (χ4v) is 2.02. The Hall–Kier alpha value is -1.36. The predicted molar refractivity (Wildman–Crippen MR) is 59.4 cm³/mol. The second-order valence-electron chi connectivity index (χ2n) is 4.33. The minimum absolute atomic E-state index is 0.310. The Morgan fingerprint density at radius 2 is 1.81 bits per heavy atom. The minimum Gasteiger partial charge on any atom is -0.480 e. The van der Waals surface area contributed by atoms with E-state index in [1.54, 1.807) is 0 Å². The Morgan fingerprint density at radius 1 is 1.31 bits per heavy atom. The smallest absolute Gasteiger partial charge is 0.321 e. The molecule has 1 saturated carbocycles. The molecule has 0 heterocycles. The van der Waals surface area contributed by atoms with Crippen LogP contribution in [0.2, 0.25) is 0 Å². The highest BCUT2D eigenvalue weighted by Crippen LogP contribution is 2.38. The van der Waals surface area contributed by atoms with Crippen LogP contribution in [0.5, 0.6) is 0 Å². The third kappa shape index (κ3) is 4.02. The number of amides is 1. The molecule has 5 N–H and O–H groups in total. The zero-order valence-corrected chi connectivity index (χ0v) is 9.13. The van der Waals surface area contributed by atoms with E-state index in [0.717, 1.165) is 11.8 Å². The number of aliphatic carboxylic acids is 1. The van der Waals surface area contributed by atoms with E-state index in [1.165, 1.54) is 19.3 Å². The van der Waals surface area contributed by atoms with Gasteiger partial charge in [0.2, 0.25) is 5.91 Å². The van der Waals surface area contributed by atoms with Crippen LogP contribution >= 0.6 is 0 Å². The average Bonchev–Trinajstić information content (AvgIpc) is 2.80. The molecule has 1 fully saturated rings. The van der Waals surface area contributed by atoms with Crippen LogP contribution < -0.4 is 11.5 Å². The Labute approximate surface area is 94.5 Å². The molecule has 0 aromatic heterocycles. The maximum Gasteiger partial charge on any atom is 0.321 e. The van der Waals surface area contributed by atoms with Crippen molar-refractivity contribution in [3.05, 3.63) is 12.2 Å². The lowest BCUT2D eigenvalue weighted by atomic mass is 10.1. The van der Waals surface area contributed by atoms with E-state index in [-0.39, 0.29) is 6.42 Å². The van der Waals surface area contributed by atoms with E-state index >= 15 is 0 Å². The van der Waals surface area contributed by atoms with Gasteiger partial charge in [0.1, 0.15) is 6.04 Å². The van der Waals surface area contributed by atoms with Crippen molar-refractivity contribution in [2.24, 2.45) is 23.3 Å². The second-order valence-corrected chi connectivity index (χ2v) is 4.33. The van der Waals surface area contributed by atoms with Crippen LogP contribution in [0, 0.1) is 11.8 Å². The van der Waals surface area contributed by atoms with Crippen LogP contribution in [-0.4, -0.2) is 23.0 Å². The van der Waals surface area contributed by atoms with Crippen molar-refractivity contribution in [1.82, 2.24) is 0 Å². The van der Waals surface area contributed by atoms with Crippen molar-refractivity contribution in [2.45, 2.75) is 31.7 Å². The van der Waals surface area contributed by atoms with Gasteiger partial charge in [-0.1, -0.05) is 12.2 Å². The number of carboxylic acid groups (broad SMARTS) is 1. The van der Waals surface area contributed by atoms with Gasteiger partial charge in [0.15, 0.2) is 0 Å². The fraction of sp³-hybridized carbons (Fsp3) is 0.636. The molecule has 5 nitrogen and oxygen atoms in total. The van der Waals surface area contributed by atoms with Gasteiger partial charge in [-0.3, -0.25) is 9.59 Å². The molecule has 16 heavy (non-hydrogen) atoms. The molecule has 0 saturated heterocycles. The molecule has 3 unspecified atom stereocenters. The monoisotopic (exact) mass is 226 g/mol. The minimum atomic E-state index is -1.21. The van der Waals surface area contributed by atoms with Crippen molar-refractivity contribution < 1.29 is 14.7 Å². The first kappa shape index (κ1) is 12.7. The molecule has 0 spiro atoms. The Balaban J connectivity index is 0.000000163. The summed E-state index contributed by atoms with van der Waals surface area (Å²) in [5, 5.41) is 8.10. The zero-order chi connectivity index (χ0) is 12.1. The Kier molecular flexibility index (Phi) is 4.49. The predicted octanol–water partition coefficient (Wildman–Crippen LogP) is 0.246. The van der Waals surface area contributed by atoms with Crippen LogP contribution in [-0.2, 0) is 9.59 Å². The first-order chi connectivity index (χ1) is 7.49. The van der Waals surface area contributed by atoms with Gasteiger partial charge in [-0.05, 0) is 31.1 Å². The molecule has 2 rings (SSSR count). The highest BCUT2D eigenvalue weighted by molar-refractivity contribution is 5.83. The van der Waals surface area contributed by atoms with Gasteiger partial charge in [0, 0.05) is 0 Å². The molecular weight excluding hydrogens is 208 g/mol. The second kappa shape index (κ2) is 5.65. The van der Waals surface area contributed by atoms with Crippen molar-refractivity contribution in [3.63, 3.8) is 0 Å². The Bertz CT molecular complexity index is 290. The topological polar surface area (TPSA) is 106 Å². The van der Waals surface area contributed by atoms with Crippen LogP contribution in [0.1, 0.15) is 25.7 Å². The summed E-state index contributed by atoms with van der Waals surface area (Å²) >= 11 is 0. The molecule has 1 amide bonds. The summed E-state index contributed by atoms with van der Waals surface area (Å²) in [6.45, 7) is 0. The van der Waals surface area contributed by atoms with Crippen LogP contribution in [0.25, 0.3) is 0 Å². The summed E-state index contributed by atoms with van der Waals surface area (Å²) in [5.74, 6) is 0.0636. The van der Waals surface area contributed by atoms with E-state index in [1.807, 2.05) is 0 Å². The van der Waals surface area contributed by atoms with E-state index in [2.05, 4.69) is 17.9 Å². The SMILES string of the molecule is C1=CC2CCC1C2.NC(=O)CC(N)C(=O)O. The summed E-state index contributed by atoms with van der Waals surface area (Å²) in [7, 11) is 0. The average molecular weight is 226 g/mol. The van der Waals surface area contributed by atoms with Crippen molar-refractivity contribution in [2.75, 3.05) is 0 Å². The fourth-order valence-electron chi connectivity index (χ4n) is 2.02. The van der Waals surface area contributed by atoms with E-state index in [0.29, 0.717) is 0 Å². The molecule has 0 radical (unpaired) electrons. The number of carboxylic acids is 1. The van der Waals surface area contributed by atoms with Gasteiger partial charge in [-0.15, -0.1) is 0 Å². The van der Waals surface area contributed by atoms with Gasteiger partial charge in [-0.25, -0.2) is 0 Å². The number of primary amides is 1. The number of carbonyl (C=O) groups is 2. The summed E-state index contributed by atoms with van der Waals surface area (Å²) in [6.07, 6.45) is 8.88. The van der Waals surface area contributed by atoms with Gasteiger partial charge < -0.3 is 16.6 Å². The van der Waals surface area contributed by atoms with Crippen LogP contribution in [0.3, 0.4) is 0 Å². The van der Waals surface area contributed by atoms with Crippen molar-refractivity contribution in [1.29, 1.82) is 0 Å². The van der Waals surface area contributed by atoms with Gasteiger partial charge in [0.25, 0.3) is 0 Å². The molecule has 0 aromatic rings. The quantitative estimate of drug-likeness (QED) is 0.599. The number of carbonyl (C=O) groups excluding carboxylic acids is 1. The lowest BCUT2D eigenvalue weighted by molar-refractivity contribution is -0.140. The molecule has 3 atom stereocenters. The van der Waals surface area contributed by atoms with Crippen molar-refractivity contribution >= 4 is 11.9 Å². The third-order valence-corrected chi connectivity index (χ3v) is 2.91. The third-order valence-electron chi connectivity index (χ3n) is 2.91. The highest BCUT2D eigenvalue weighted by atomic mass is 16.4. The Morgan fingerprint density at radius 3 is 1.94 bits per heavy atom. The van der Waals surface area contributed by atoms with Gasteiger partial charge >= 0.3 is 5.97 Å². The maximum atomic E-state index is 9.99. The number of hydrogen-bond donors (Lipinski definition) is 3. The van der Waals surface area contributed by atoms with Gasteiger partial charge in [-0.2, -0.15) is 0 Å². The molecule has 90 valence electrons. The van der Waals surface area contributed by atoms with E-state index in [4.69, 9.17) is 10.8 Å². The lowest BCUT2D eigenvalue weighted by Crippen LogP contribution is -2.34. The summed E-state index contributed by atoms with van der Waals surface area (Å²) in [6, 6.07) is -1.16.